The summed E-state index contributed by atoms with van der Waals surface area (Å²) < 4.78 is 32.4. The highest BCUT2D eigenvalue weighted by Gasteiger charge is 2.52. The molecule has 1 fully saturated rings. The number of rotatable bonds is 11. The summed E-state index contributed by atoms with van der Waals surface area (Å²) in [5.41, 5.74) is 0.842. The monoisotopic (exact) mass is 557 g/mol. The SMILES string of the molecule is CC(=O)OC[C@@H]1O[C@H](OC(C)=O)[C@@H](NC(=O)CCCOc2ccc(Cl)cc2C)[C@H](OC(C)=O)[C@@H]1OC(C)=O. The van der Waals surface area contributed by atoms with Crippen LogP contribution in [-0.2, 0) is 47.7 Å². The molecule has 1 aliphatic rings. The Balaban J connectivity index is 2.17. The van der Waals surface area contributed by atoms with E-state index >= 15 is 0 Å². The zero-order chi connectivity index (χ0) is 28.4. The highest BCUT2D eigenvalue weighted by molar-refractivity contribution is 6.30. The average molecular weight is 558 g/mol. The molecule has 0 spiro atoms. The van der Waals surface area contributed by atoms with Crippen LogP contribution in [-0.4, -0.2) is 73.6 Å². The Bertz CT molecular complexity index is 1030. The number of hydrogen-bond donors (Lipinski definition) is 1. The van der Waals surface area contributed by atoms with Crippen molar-refractivity contribution >= 4 is 41.4 Å². The third kappa shape index (κ3) is 9.82. The molecule has 0 bridgehead atoms. The van der Waals surface area contributed by atoms with Gasteiger partial charge in [-0.1, -0.05) is 11.6 Å². The third-order valence-corrected chi connectivity index (χ3v) is 5.49. The fourth-order valence-corrected chi connectivity index (χ4v) is 3.99. The number of ether oxygens (including phenoxy) is 6. The largest absolute Gasteiger partial charge is 0.493 e. The number of aryl methyl sites for hydroxylation is 1. The maximum atomic E-state index is 12.8. The second-order valence-electron chi connectivity index (χ2n) is 8.56. The van der Waals surface area contributed by atoms with E-state index in [9.17, 15) is 24.0 Å². The van der Waals surface area contributed by atoms with E-state index in [0.29, 0.717) is 17.2 Å². The van der Waals surface area contributed by atoms with E-state index in [0.717, 1.165) is 33.3 Å². The highest BCUT2D eigenvalue weighted by atomic mass is 35.5. The van der Waals surface area contributed by atoms with Gasteiger partial charge in [-0.25, -0.2) is 0 Å². The summed E-state index contributed by atoms with van der Waals surface area (Å²) in [6, 6.07) is 3.93. The Morgan fingerprint density at radius 3 is 2.13 bits per heavy atom. The summed E-state index contributed by atoms with van der Waals surface area (Å²) in [7, 11) is 0. The Morgan fingerprint density at radius 2 is 1.55 bits per heavy atom. The predicted molar refractivity (Wildman–Crippen MR) is 131 cm³/mol. The normalized spacial score (nSPS) is 22.5. The molecule has 0 unspecified atom stereocenters. The molecule has 38 heavy (non-hydrogen) atoms. The molecule has 12 nitrogen and oxygen atoms in total. The Morgan fingerprint density at radius 1 is 0.921 bits per heavy atom. The molecule has 1 aromatic rings. The van der Waals surface area contributed by atoms with Crippen molar-refractivity contribution in [3.63, 3.8) is 0 Å². The van der Waals surface area contributed by atoms with Crippen LogP contribution >= 0.6 is 11.6 Å². The molecule has 5 atom stereocenters. The lowest BCUT2D eigenvalue weighted by Gasteiger charge is -2.44. The van der Waals surface area contributed by atoms with Gasteiger partial charge < -0.3 is 33.7 Å². The lowest BCUT2D eigenvalue weighted by atomic mass is 9.95. The van der Waals surface area contributed by atoms with Gasteiger partial charge in [-0.2, -0.15) is 0 Å². The molecule has 1 amide bonds. The number of esters is 4. The van der Waals surface area contributed by atoms with Gasteiger partial charge >= 0.3 is 23.9 Å². The van der Waals surface area contributed by atoms with Gasteiger partial charge in [-0.3, -0.25) is 24.0 Å². The van der Waals surface area contributed by atoms with Crippen LogP contribution in [0.3, 0.4) is 0 Å². The van der Waals surface area contributed by atoms with Crippen molar-refractivity contribution in [1.29, 1.82) is 0 Å². The number of hydrogen-bond acceptors (Lipinski definition) is 11. The number of halogens is 1. The third-order valence-electron chi connectivity index (χ3n) is 5.25. The molecule has 1 saturated heterocycles. The van der Waals surface area contributed by atoms with E-state index in [1.54, 1.807) is 18.2 Å². The van der Waals surface area contributed by atoms with Gasteiger partial charge in [0.15, 0.2) is 12.2 Å². The maximum absolute atomic E-state index is 12.8. The van der Waals surface area contributed by atoms with Crippen LogP contribution in [0.25, 0.3) is 0 Å². The van der Waals surface area contributed by atoms with Crippen molar-refractivity contribution < 1.29 is 52.4 Å². The van der Waals surface area contributed by atoms with Crippen LogP contribution in [0.5, 0.6) is 5.75 Å². The van der Waals surface area contributed by atoms with Crippen LogP contribution in [0.2, 0.25) is 5.02 Å². The van der Waals surface area contributed by atoms with E-state index in [1.807, 2.05) is 6.92 Å². The second kappa shape index (κ2) is 14.5. The first-order valence-corrected chi connectivity index (χ1v) is 12.2. The van der Waals surface area contributed by atoms with Crippen LogP contribution < -0.4 is 10.1 Å². The standard InChI is InChI=1S/C25H32ClNO11/c1-13-11-18(26)8-9-19(13)33-10-6-7-21(32)27-22-24(36-16(4)30)23(35-15(3)29)20(12-34-14(2)28)38-25(22)37-17(5)31/h8-9,11,20,22-25H,6-7,10,12H2,1-5H3,(H,27,32)/t20-,22-,23+,24-,25-/m0/s1. The van der Waals surface area contributed by atoms with Crippen molar-refractivity contribution in [2.45, 2.75) is 78.1 Å². The molecule has 1 N–H and O–H groups in total. The highest BCUT2D eigenvalue weighted by Crippen LogP contribution is 2.28. The number of amides is 1. The van der Waals surface area contributed by atoms with Crippen molar-refractivity contribution in [1.82, 2.24) is 5.32 Å². The van der Waals surface area contributed by atoms with Gasteiger partial charge in [0.1, 0.15) is 24.5 Å². The average Bonchev–Trinajstić information content (AvgIpc) is 2.79. The minimum Gasteiger partial charge on any atom is -0.493 e. The van der Waals surface area contributed by atoms with Gasteiger partial charge in [0.25, 0.3) is 0 Å². The minimum atomic E-state index is -1.44. The summed E-state index contributed by atoms with van der Waals surface area (Å²) in [5, 5.41) is 3.22. The van der Waals surface area contributed by atoms with Crippen molar-refractivity contribution in [3.8, 4) is 5.75 Å². The molecule has 0 saturated carbocycles. The van der Waals surface area contributed by atoms with Crippen LogP contribution in [0.1, 0.15) is 46.1 Å². The zero-order valence-corrected chi connectivity index (χ0v) is 22.6. The lowest BCUT2D eigenvalue weighted by Crippen LogP contribution is -2.67. The predicted octanol–water partition coefficient (Wildman–Crippen LogP) is 2.01. The molecule has 1 aliphatic heterocycles. The van der Waals surface area contributed by atoms with Gasteiger partial charge in [-0.15, -0.1) is 0 Å². The van der Waals surface area contributed by atoms with Gasteiger partial charge in [-0.05, 0) is 37.1 Å². The fourth-order valence-electron chi connectivity index (χ4n) is 3.77. The van der Waals surface area contributed by atoms with Crippen LogP contribution in [0.4, 0.5) is 0 Å². The molecule has 1 heterocycles. The topological polar surface area (TPSA) is 153 Å². The number of nitrogens with one attached hydrogen (secondary N) is 1. The molecule has 0 aliphatic carbocycles. The van der Waals surface area contributed by atoms with Gasteiger partial charge in [0, 0.05) is 39.1 Å². The maximum Gasteiger partial charge on any atom is 0.305 e. The molecule has 0 radical (unpaired) electrons. The summed E-state index contributed by atoms with van der Waals surface area (Å²) in [6.45, 7) is 6.20. The van der Waals surface area contributed by atoms with E-state index in [2.05, 4.69) is 5.32 Å². The molecule has 210 valence electrons. The van der Waals surface area contributed by atoms with E-state index in [4.69, 9.17) is 40.0 Å². The summed E-state index contributed by atoms with van der Waals surface area (Å²) in [5.74, 6) is -2.76. The fraction of sp³-hybridized carbons (Fsp3) is 0.560. The van der Waals surface area contributed by atoms with Crippen LogP contribution in [0.15, 0.2) is 18.2 Å². The Kier molecular flexibility index (Phi) is 11.8. The van der Waals surface area contributed by atoms with Crippen molar-refractivity contribution in [3.05, 3.63) is 28.8 Å². The number of carbonyl (C=O) groups excluding carboxylic acids is 5. The molecular weight excluding hydrogens is 526 g/mol. The summed E-state index contributed by atoms with van der Waals surface area (Å²) in [4.78, 5) is 59.7. The van der Waals surface area contributed by atoms with E-state index in [-0.39, 0.29) is 13.0 Å². The van der Waals surface area contributed by atoms with Gasteiger partial charge in [0.05, 0.1) is 6.61 Å². The molecular formula is C25H32ClNO11. The Labute approximate surface area is 225 Å². The van der Waals surface area contributed by atoms with Crippen LogP contribution in [0, 0.1) is 6.92 Å². The molecule has 1 aromatic carbocycles. The quantitative estimate of drug-likeness (QED) is 0.241. The number of carbonyl (C=O) groups is 5. The number of benzene rings is 1. The second-order valence-corrected chi connectivity index (χ2v) is 8.99. The lowest BCUT2D eigenvalue weighted by molar-refractivity contribution is -0.271. The zero-order valence-electron chi connectivity index (χ0n) is 21.8. The first-order valence-electron chi connectivity index (χ1n) is 11.9. The smallest absolute Gasteiger partial charge is 0.305 e. The summed E-state index contributed by atoms with van der Waals surface area (Å²) in [6.07, 6.45) is -4.91. The van der Waals surface area contributed by atoms with E-state index < -0.39 is 67.0 Å². The first-order chi connectivity index (χ1) is 17.9. The molecule has 13 heteroatoms. The summed E-state index contributed by atoms with van der Waals surface area (Å²) >= 11 is 5.95. The van der Waals surface area contributed by atoms with Gasteiger partial charge in [0.2, 0.25) is 12.2 Å². The Hall–Kier alpha value is -3.38. The molecule has 0 aromatic heterocycles. The van der Waals surface area contributed by atoms with Crippen molar-refractivity contribution in [2.24, 2.45) is 0 Å². The minimum absolute atomic E-state index is 0.00215. The molecule has 2 rings (SSSR count). The van der Waals surface area contributed by atoms with E-state index in [1.165, 1.54) is 0 Å². The first kappa shape index (κ1) is 30.8. The van der Waals surface area contributed by atoms with Crippen molar-refractivity contribution in [2.75, 3.05) is 13.2 Å².